The molecule has 3 rings (SSSR count). The second kappa shape index (κ2) is 6.96. The molecule has 0 saturated carbocycles. The Morgan fingerprint density at radius 2 is 2.26 bits per heavy atom. The number of aromatic amines is 1. The molecule has 23 heavy (non-hydrogen) atoms. The molecule has 0 unspecified atom stereocenters. The molecule has 5 nitrogen and oxygen atoms in total. The highest BCUT2D eigenvalue weighted by molar-refractivity contribution is 5.92. The highest BCUT2D eigenvalue weighted by Crippen LogP contribution is 2.26. The zero-order chi connectivity index (χ0) is 16.2. The molecule has 1 N–H and O–H groups in total. The second-order valence-corrected chi connectivity index (χ2v) is 6.17. The van der Waals surface area contributed by atoms with Crippen molar-refractivity contribution in [1.82, 2.24) is 14.9 Å². The fourth-order valence-electron chi connectivity index (χ4n) is 3.31. The summed E-state index contributed by atoms with van der Waals surface area (Å²) in [6.07, 6.45) is 5.12. The van der Waals surface area contributed by atoms with Gasteiger partial charge in [0.2, 0.25) is 0 Å². The van der Waals surface area contributed by atoms with E-state index in [0.717, 1.165) is 19.4 Å². The molecule has 1 saturated heterocycles. The number of amides is 1. The Kier molecular flexibility index (Phi) is 4.76. The molecule has 1 aliphatic heterocycles. The van der Waals surface area contributed by atoms with Crippen molar-refractivity contribution in [1.29, 1.82) is 0 Å². The van der Waals surface area contributed by atoms with E-state index < -0.39 is 0 Å². The number of H-pyrrole nitrogens is 1. The summed E-state index contributed by atoms with van der Waals surface area (Å²) in [6.45, 7) is 3.53. The number of carbonyl (C=O) groups excluding carboxylic acids is 1. The number of imidazole rings is 1. The lowest BCUT2D eigenvalue weighted by Gasteiger charge is -2.38. The standard InChI is InChI=1S/C18H23N3O2/c1-13-5-3-4-6-14(13)9-15-7-8-21(11-17(15)23-2)18(22)16-10-19-12-20-16/h3-6,10,12,15,17H,7-9,11H2,1-2H3,(H,19,20)/t15-,17-/m1/s1. The summed E-state index contributed by atoms with van der Waals surface area (Å²) >= 11 is 0. The molecule has 1 fully saturated rings. The smallest absolute Gasteiger partial charge is 0.272 e. The van der Waals surface area contributed by atoms with Crippen LogP contribution in [0, 0.1) is 12.8 Å². The van der Waals surface area contributed by atoms with Crippen molar-refractivity contribution in [2.75, 3.05) is 20.2 Å². The molecular weight excluding hydrogens is 290 g/mol. The first-order valence-corrected chi connectivity index (χ1v) is 8.04. The number of ether oxygens (including phenoxy) is 1. The van der Waals surface area contributed by atoms with Crippen molar-refractivity contribution in [3.63, 3.8) is 0 Å². The lowest BCUT2D eigenvalue weighted by Crippen LogP contribution is -2.48. The number of piperidine rings is 1. The maximum absolute atomic E-state index is 12.4. The van der Waals surface area contributed by atoms with Crippen LogP contribution in [0.2, 0.25) is 0 Å². The summed E-state index contributed by atoms with van der Waals surface area (Å²) in [5.74, 6) is 0.436. The van der Waals surface area contributed by atoms with Crippen molar-refractivity contribution in [3.05, 3.63) is 53.6 Å². The molecule has 1 aromatic heterocycles. The highest BCUT2D eigenvalue weighted by Gasteiger charge is 2.32. The predicted octanol–water partition coefficient (Wildman–Crippen LogP) is 2.44. The van der Waals surface area contributed by atoms with Crippen molar-refractivity contribution >= 4 is 5.91 Å². The van der Waals surface area contributed by atoms with Crippen molar-refractivity contribution < 1.29 is 9.53 Å². The number of hydrogen-bond donors (Lipinski definition) is 1. The van der Waals surface area contributed by atoms with E-state index in [1.54, 1.807) is 13.3 Å². The van der Waals surface area contributed by atoms with Crippen LogP contribution < -0.4 is 0 Å². The number of likely N-dealkylation sites (tertiary alicyclic amines) is 1. The van der Waals surface area contributed by atoms with E-state index in [9.17, 15) is 4.79 Å². The fraction of sp³-hybridized carbons (Fsp3) is 0.444. The van der Waals surface area contributed by atoms with Crippen LogP contribution in [0.25, 0.3) is 0 Å². The third-order valence-electron chi connectivity index (χ3n) is 4.76. The van der Waals surface area contributed by atoms with Crippen molar-refractivity contribution in [3.8, 4) is 0 Å². The Morgan fingerprint density at radius 1 is 1.43 bits per heavy atom. The first-order valence-electron chi connectivity index (χ1n) is 8.04. The Labute approximate surface area is 136 Å². The van der Waals surface area contributed by atoms with Gasteiger partial charge < -0.3 is 14.6 Å². The van der Waals surface area contributed by atoms with Crippen LogP contribution in [-0.4, -0.2) is 47.1 Å². The topological polar surface area (TPSA) is 58.2 Å². The minimum absolute atomic E-state index is 0.00103. The summed E-state index contributed by atoms with van der Waals surface area (Å²) in [6, 6.07) is 8.48. The van der Waals surface area contributed by atoms with Crippen molar-refractivity contribution in [2.24, 2.45) is 5.92 Å². The van der Waals surface area contributed by atoms with Crippen molar-refractivity contribution in [2.45, 2.75) is 25.9 Å². The van der Waals surface area contributed by atoms with E-state index in [2.05, 4.69) is 41.2 Å². The van der Waals surface area contributed by atoms with Gasteiger partial charge in [-0.15, -0.1) is 0 Å². The van der Waals surface area contributed by atoms with Crippen LogP contribution in [0.5, 0.6) is 0 Å². The Hall–Kier alpha value is -2.14. The number of nitrogens with one attached hydrogen (secondary N) is 1. The van der Waals surface area contributed by atoms with E-state index in [1.807, 2.05) is 4.90 Å². The summed E-state index contributed by atoms with van der Waals surface area (Å²) in [4.78, 5) is 21.1. The van der Waals surface area contributed by atoms with Crippen LogP contribution in [0.15, 0.2) is 36.8 Å². The zero-order valence-electron chi connectivity index (χ0n) is 13.7. The van der Waals surface area contributed by atoms with Gasteiger partial charge in [0.15, 0.2) is 0 Å². The normalized spacial score (nSPS) is 21.4. The molecule has 0 aliphatic carbocycles. The van der Waals surface area contributed by atoms with E-state index >= 15 is 0 Å². The first kappa shape index (κ1) is 15.7. The molecule has 0 bridgehead atoms. The fourth-order valence-corrected chi connectivity index (χ4v) is 3.31. The molecule has 1 aliphatic rings. The molecule has 1 aromatic carbocycles. The summed E-state index contributed by atoms with van der Waals surface area (Å²) in [5, 5.41) is 0. The number of nitrogens with zero attached hydrogens (tertiary/aromatic N) is 2. The lowest BCUT2D eigenvalue weighted by molar-refractivity contribution is -0.00717. The van der Waals surface area contributed by atoms with Crippen LogP contribution >= 0.6 is 0 Å². The van der Waals surface area contributed by atoms with Gasteiger partial charge in [-0.05, 0) is 36.8 Å². The van der Waals surface area contributed by atoms with Crippen LogP contribution in [0.1, 0.15) is 28.0 Å². The van der Waals surface area contributed by atoms with E-state index in [4.69, 9.17) is 4.74 Å². The maximum atomic E-state index is 12.4. The van der Waals surface area contributed by atoms with Gasteiger partial charge in [0.25, 0.3) is 5.91 Å². The SMILES string of the molecule is CO[C@@H]1CN(C(=O)c2cnc[nH]2)CC[C@@H]1Cc1ccccc1C. The molecule has 5 heteroatoms. The molecule has 122 valence electrons. The highest BCUT2D eigenvalue weighted by atomic mass is 16.5. The predicted molar refractivity (Wildman–Crippen MR) is 88.3 cm³/mol. The van der Waals surface area contributed by atoms with Gasteiger partial charge in [0.1, 0.15) is 5.69 Å². The molecule has 1 amide bonds. The number of hydrogen-bond acceptors (Lipinski definition) is 3. The molecular formula is C18H23N3O2. The maximum Gasteiger partial charge on any atom is 0.272 e. The Bertz CT molecular complexity index is 654. The van der Waals surface area contributed by atoms with Gasteiger partial charge in [-0.3, -0.25) is 4.79 Å². The largest absolute Gasteiger partial charge is 0.379 e. The van der Waals surface area contributed by atoms with E-state index in [1.165, 1.54) is 17.5 Å². The molecule has 2 heterocycles. The minimum atomic E-state index is -0.00103. The third-order valence-corrected chi connectivity index (χ3v) is 4.76. The molecule has 0 radical (unpaired) electrons. The molecule has 0 spiro atoms. The van der Waals surface area contributed by atoms with Crippen LogP contribution in [0.4, 0.5) is 0 Å². The van der Waals surface area contributed by atoms with E-state index in [-0.39, 0.29) is 12.0 Å². The number of methoxy groups -OCH3 is 1. The summed E-state index contributed by atoms with van der Waals surface area (Å²) in [5.41, 5.74) is 3.23. The number of benzene rings is 1. The van der Waals surface area contributed by atoms with Gasteiger partial charge in [0.05, 0.1) is 18.6 Å². The van der Waals surface area contributed by atoms with Gasteiger partial charge in [-0.2, -0.15) is 0 Å². The Morgan fingerprint density at radius 3 is 2.96 bits per heavy atom. The van der Waals surface area contributed by atoms with Gasteiger partial charge in [0, 0.05) is 20.2 Å². The second-order valence-electron chi connectivity index (χ2n) is 6.17. The zero-order valence-corrected chi connectivity index (χ0v) is 13.7. The quantitative estimate of drug-likeness (QED) is 0.943. The summed E-state index contributed by atoms with van der Waals surface area (Å²) in [7, 11) is 1.74. The minimum Gasteiger partial charge on any atom is -0.379 e. The monoisotopic (exact) mass is 313 g/mol. The number of rotatable bonds is 4. The average molecular weight is 313 g/mol. The Balaban J connectivity index is 1.67. The van der Waals surface area contributed by atoms with Gasteiger partial charge in [-0.1, -0.05) is 24.3 Å². The van der Waals surface area contributed by atoms with Gasteiger partial charge in [-0.25, -0.2) is 4.98 Å². The molecule has 2 aromatic rings. The van der Waals surface area contributed by atoms with E-state index in [0.29, 0.717) is 18.2 Å². The van der Waals surface area contributed by atoms with Gasteiger partial charge >= 0.3 is 0 Å². The number of carbonyl (C=O) groups is 1. The lowest BCUT2D eigenvalue weighted by atomic mass is 9.86. The third kappa shape index (κ3) is 3.45. The first-order chi connectivity index (χ1) is 11.2. The van der Waals surface area contributed by atoms with Crippen LogP contribution in [-0.2, 0) is 11.2 Å². The number of aryl methyl sites for hydroxylation is 1. The summed E-state index contributed by atoms with van der Waals surface area (Å²) < 4.78 is 5.69. The number of aromatic nitrogens is 2. The van der Waals surface area contributed by atoms with Crippen LogP contribution in [0.3, 0.4) is 0 Å². The molecule has 2 atom stereocenters. The average Bonchev–Trinajstić information content (AvgIpc) is 3.11.